The first-order valence-electron chi connectivity index (χ1n) is 9.11. The van der Waals surface area contributed by atoms with Gasteiger partial charge in [0.2, 0.25) is 0 Å². The molecule has 8 heteroatoms. The van der Waals surface area contributed by atoms with Crippen molar-refractivity contribution in [3.05, 3.63) is 12.2 Å². The van der Waals surface area contributed by atoms with Gasteiger partial charge in [0.05, 0.1) is 18.3 Å². The van der Waals surface area contributed by atoms with Crippen molar-refractivity contribution in [3.8, 4) is 0 Å². The molecule has 0 aromatic heterocycles. The van der Waals surface area contributed by atoms with E-state index in [9.17, 15) is 0 Å². The van der Waals surface area contributed by atoms with Crippen LogP contribution in [0, 0.1) is 0 Å². The third-order valence-electron chi connectivity index (χ3n) is 2.96. The average Bonchev–Trinajstić information content (AvgIpc) is 2.19. The molecule has 0 saturated heterocycles. The quantitative estimate of drug-likeness (QED) is 0.309. The molecule has 0 aliphatic heterocycles. The molecule has 0 amide bonds. The molecule has 150 valence electrons. The van der Waals surface area contributed by atoms with E-state index in [2.05, 4.69) is 79.3 Å². The monoisotopic (exact) mass is 422 g/mol. The van der Waals surface area contributed by atoms with Crippen LogP contribution in [-0.2, 0) is 17.1 Å². The Kier molecular flexibility index (Phi) is 8.79. The Balaban J connectivity index is 5.96. The van der Waals surface area contributed by atoms with Crippen LogP contribution in [0.25, 0.3) is 0 Å². The largest absolute Gasteiger partial charge is 0.477 e. The first kappa shape index (κ1) is 25.4. The van der Waals surface area contributed by atoms with Crippen molar-refractivity contribution in [1.82, 2.24) is 0 Å². The highest BCUT2D eigenvalue weighted by Crippen LogP contribution is 2.44. The van der Waals surface area contributed by atoms with Crippen LogP contribution in [0.2, 0.25) is 64.0 Å². The smallest absolute Gasteiger partial charge is 0.417 e. The molecule has 0 radical (unpaired) electrons. The summed E-state index contributed by atoms with van der Waals surface area (Å²) in [5.41, 5.74) is 1.02. The van der Waals surface area contributed by atoms with Crippen LogP contribution >= 0.6 is 0 Å². The van der Waals surface area contributed by atoms with Crippen LogP contribution < -0.4 is 0 Å². The minimum absolute atomic E-state index is 0.316. The lowest BCUT2D eigenvalue weighted by Gasteiger charge is -2.50. The lowest BCUT2D eigenvalue weighted by atomic mass is 10.2. The van der Waals surface area contributed by atoms with Crippen LogP contribution in [0.5, 0.6) is 0 Å². The van der Waals surface area contributed by atoms with Crippen LogP contribution in [-0.4, -0.2) is 47.0 Å². The molecule has 0 unspecified atom stereocenters. The average molecular weight is 423 g/mol. The summed E-state index contributed by atoms with van der Waals surface area (Å²) in [6, 6.07) is 0. The zero-order valence-electron chi connectivity index (χ0n) is 18.8. The molecule has 0 heterocycles. The molecule has 0 bridgehead atoms. The van der Waals surface area contributed by atoms with Gasteiger partial charge in [0.1, 0.15) is 0 Å². The lowest BCUT2D eigenvalue weighted by Crippen LogP contribution is -2.66. The van der Waals surface area contributed by atoms with Gasteiger partial charge in [-0.3, -0.25) is 0 Å². The maximum absolute atomic E-state index is 6.80. The molecule has 0 N–H and O–H groups in total. The highest BCUT2D eigenvalue weighted by molar-refractivity contribution is 6.91. The van der Waals surface area contributed by atoms with Gasteiger partial charge in [-0.1, -0.05) is 26.0 Å². The normalized spacial score (nSPS) is 14.7. The Bertz CT molecular complexity index is 404. The first-order valence-corrected chi connectivity index (χ1v) is 21.1. The fraction of sp³-hybridized carbons (Fsp3) is 0.882. The third kappa shape index (κ3) is 10.4. The number of hydrogen-bond donors (Lipinski definition) is 0. The van der Waals surface area contributed by atoms with Gasteiger partial charge in [-0.2, -0.15) is 0 Å². The van der Waals surface area contributed by atoms with Crippen molar-refractivity contribution < 1.29 is 17.1 Å². The van der Waals surface area contributed by atoms with Gasteiger partial charge in [-0.05, 0) is 65.8 Å². The summed E-state index contributed by atoms with van der Waals surface area (Å²) >= 11 is 0. The van der Waals surface area contributed by atoms with E-state index >= 15 is 0 Å². The number of rotatable bonds is 11. The molecule has 0 aromatic rings. The topological polar surface area (TPSA) is 36.9 Å². The zero-order chi connectivity index (χ0) is 20.3. The molecule has 0 spiro atoms. The first-order chi connectivity index (χ1) is 10.8. The second-order valence-corrected chi connectivity index (χ2v) is 28.1. The molecule has 0 aliphatic rings. The molecule has 0 aliphatic carbocycles. The predicted molar refractivity (Wildman–Crippen MR) is 119 cm³/mol. The Morgan fingerprint density at radius 2 is 1.08 bits per heavy atom. The molecule has 0 atom stereocenters. The van der Waals surface area contributed by atoms with Gasteiger partial charge >= 0.3 is 8.80 Å². The molecule has 0 rings (SSSR count). The Labute approximate surface area is 161 Å². The van der Waals surface area contributed by atoms with Crippen LogP contribution in [0.4, 0.5) is 0 Å². The summed E-state index contributed by atoms with van der Waals surface area (Å²) in [7, 11) is -8.61. The van der Waals surface area contributed by atoms with Crippen molar-refractivity contribution in [3.63, 3.8) is 0 Å². The van der Waals surface area contributed by atoms with Crippen molar-refractivity contribution in [2.45, 2.75) is 84.7 Å². The molecule has 0 fully saturated rings. The second kappa shape index (κ2) is 8.64. The van der Waals surface area contributed by atoms with Gasteiger partial charge in [0.15, 0.2) is 25.0 Å². The Hall–Kier alpha value is 0.448. The van der Waals surface area contributed by atoms with E-state index in [-0.39, 0.29) is 5.04 Å². The van der Waals surface area contributed by atoms with Crippen LogP contribution in [0.1, 0.15) is 20.8 Å². The highest BCUT2D eigenvalue weighted by Gasteiger charge is 2.60. The Morgan fingerprint density at radius 3 is 1.32 bits per heavy atom. The fourth-order valence-corrected chi connectivity index (χ4v) is 17.1. The van der Waals surface area contributed by atoms with E-state index in [0.29, 0.717) is 13.2 Å². The van der Waals surface area contributed by atoms with E-state index in [0.717, 1.165) is 5.57 Å². The van der Waals surface area contributed by atoms with Crippen molar-refractivity contribution in [2.24, 2.45) is 0 Å². The minimum Gasteiger partial charge on any atom is -0.417 e. The maximum atomic E-state index is 6.80. The van der Waals surface area contributed by atoms with Gasteiger partial charge in [0, 0.05) is 0 Å². The lowest BCUT2D eigenvalue weighted by molar-refractivity contribution is 0.0997. The summed E-state index contributed by atoms with van der Waals surface area (Å²) < 4.78 is 26.4. The number of hydrogen-bond acceptors (Lipinski definition) is 4. The molecular formula is C17H42O4Si4. The standard InChI is InChI=1S/C17H42O4Si4/c1-16(2)14-18-15-17(3,4)25(19-22(5,6)7,20-23(8,9)10)21-24(11,12)13/h1,14-15H2,2-13H3. The van der Waals surface area contributed by atoms with E-state index < -0.39 is 33.8 Å². The second-order valence-electron chi connectivity index (χ2n) is 10.5. The zero-order valence-corrected chi connectivity index (χ0v) is 22.8. The minimum atomic E-state index is -2.97. The molecule has 4 nitrogen and oxygen atoms in total. The van der Waals surface area contributed by atoms with Crippen molar-refractivity contribution >= 4 is 33.8 Å². The van der Waals surface area contributed by atoms with Gasteiger partial charge in [-0.15, -0.1) is 0 Å². The SMILES string of the molecule is C=C(C)COCC(C)(C)[Si](O[Si](C)(C)C)(O[Si](C)(C)C)O[Si](C)(C)C. The van der Waals surface area contributed by atoms with Crippen molar-refractivity contribution in [1.29, 1.82) is 0 Å². The van der Waals surface area contributed by atoms with E-state index in [1.807, 2.05) is 6.92 Å². The van der Waals surface area contributed by atoms with Gasteiger partial charge in [-0.25, -0.2) is 0 Å². The van der Waals surface area contributed by atoms with Gasteiger partial charge in [0.25, 0.3) is 0 Å². The van der Waals surface area contributed by atoms with Crippen LogP contribution in [0.15, 0.2) is 12.2 Å². The fourth-order valence-electron chi connectivity index (χ4n) is 2.26. The summed E-state index contributed by atoms with van der Waals surface area (Å²) in [5, 5.41) is -0.316. The van der Waals surface area contributed by atoms with E-state index in [4.69, 9.17) is 17.1 Å². The van der Waals surface area contributed by atoms with Crippen molar-refractivity contribution in [2.75, 3.05) is 13.2 Å². The Morgan fingerprint density at radius 1 is 0.760 bits per heavy atom. The highest BCUT2D eigenvalue weighted by atomic mass is 28.5. The third-order valence-corrected chi connectivity index (χ3v) is 15.3. The molecule has 25 heavy (non-hydrogen) atoms. The number of ether oxygens (including phenoxy) is 1. The van der Waals surface area contributed by atoms with Crippen LogP contribution in [0.3, 0.4) is 0 Å². The molecule has 0 aromatic carbocycles. The molecule has 0 saturated carbocycles. The summed E-state index contributed by atoms with van der Waals surface area (Å²) in [5.74, 6) is 0. The van der Waals surface area contributed by atoms with Gasteiger partial charge < -0.3 is 17.1 Å². The summed E-state index contributed by atoms with van der Waals surface area (Å²) in [4.78, 5) is 0. The predicted octanol–water partition coefficient (Wildman–Crippen LogP) is 5.85. The van der Waals surface area contributed by atoms with E-state index in [1.165, 1.54) is 0 Å². The summed E-state index contributed by atoms with van der Waals surface area (Å²) in [6.07, 6.45) is 0. The summed E-state index contributed by atoms with van der Waals surface area (Å²) in [6.45, 7) is 31.3. The molecular weight excluding hydrogens is 381 g/mol. The van der Waals surface area contributed by atoms with E-state index in [1.54, 1.807) is 0 Å². The maximum Gasteiger partial charge on any atom is 0.477 e.